The minimum absolute atomic E-state index is 0.135. The van der Waals surface area contributed by atoms with Gasteiger partial charge >= 0.3 is 5.97 Å². The van der Waals surface area contributed by atoms with Crippen LogP contribution in [0.3, 0.4) is 0 Å². The molecule has 0 aliphatic carbocycles. The smallest absolute Gasteiger partial charge is 0.307 e. The fourth-order valence-electron chi connectivity index (χ4n) is 3.27. The maximum atomic E-state index is 11.0. The summed E-state index contributed by atoms with van der Waals surface area (Å²) in [5.74, 6) is 0.148. The highest BCUT2D eigenvalue weighted by Crippen LogP contribution is 2.24. The van der Waals surface area contributed by atoms with Crippen molar-refractivity contribution in [3.63, 3.8) is 0 Å². The van der Waals surface area contributed by atoms with Crippen molar-refractivity contribution in [2.24, 2.45) is 5.16 Å². The number of hydrogen-bond donors (Lipinski definition) is 1. The summed E-state index contributed by atoms with van der Waals surface area (Å²) in [5.41, 5.74) is 4.76. The second kappa shape index (κ2) is 11.6. The molecular weight excluding hydrogens is 406 g/mol. The average Bonchev–Trinajstić information content (AvgIpc) is 2.82. The zero-order valence-corrected chi connectivity index (χ0v) is 18.3. The Kier molecular flexibility index (Phi) is 8.26. The van der Waals surface area contributed by atoms with E-state index >= 15 is 0 Å². The molecule has 0 aliphatic rings. The van der Waals surface area contributed by atoms with Crippen molar-refractivity contribution in [3.8, 4) is 22.6 Å². The lowest BCUT2D eigenvalue weighted by Gasteiger charge is -2.11. The standard InChI is InChI=1S/C26H27NO5/c1-3-24(21-11-9-20(10-12-21)19-7-5-4-6-8-19)27-32-16-15-31-23-13-14-25(30-2)22(17-23)18-26(28)29/h4-14,17H,3,15-16,18H2,1-2H3,(H,28,29). The molecule has 0 amide bonds. The summed E-state index contributed by atoms with van der Waals surface area (Å²) in [5, 5.41) is 13.3. The van der Waals surface area contributed by atoms with E-state index in [2.05, 4.69) is 29.4 Å². The van der Waals surface area contributed by atoms with Crippen LogP contribution in [0.5, 0.6) is 11.5 Å². The molecule has 0 aromatic heterocycles. The van der Waals surface area contributed by atoms with Crippen LogP contribution in [0.1, 0.15) is 24.5 Å². The van der Waals surface area contributed by atoms with Crippen molar-refractivity contribution in [1.82, 2.24) is 0 Å². The van der Waals surface area contributed by atoms with Gasteiger partial charge in [-0.2, -0.15) is 0 Å². The van der Waals surface area contributed by atoms with E-state index in [4.69, 9.17) is 19.4 Å². The number of benzene rings is 3. The molecule has 0 fully saturated rings. The normalized spacial score (nSPS) is 11.1. The van der Waals surface area contributed by atoms with Crippen LogP contribution in [-0.2, 0) is 16.1 Å². The van der Waals surface area contributed by atoms with Gasteiger partial charge in [-0.25, -0.2) is 0 Å². The zero-order valence-electron chi connectivity index (χ0n) is 18.3. The van der Waals surface area contributed by atoms with Crippen molar-refractivity contribution in [2.75, 3.05) is 20.3 Å². The van der Waals surface area contributed by atoms with E-state index in [1.54, 1.807) is 18.2 Å². The van der Waals surface area contributed by atoms with E-state index < -0.39 is 5.97 Å². The molecule has 3 rings (SSSR count). The molecule has 0 spiro atoms. The number of hydrogen-bond acceptors (Lipinski definition) is 5. The fourth-order valence-corrected chi connectivity index (χ4v) is 3.27. The van der Waals surface area contributed by atoms with Crippen LogP contribution in [0.15, 0.2) is 78.0 Å². The number of carboxylic acids is 1. The summed E-state index contributed by atoms with van der Waals surface area (Å²) >= 11 is 0. The van der Waals surface area contributed by atoms with Crippen molar-refractivity contribution < 1.29 is 24.2 Å². The van der Waals surface area contributed by atoms with Crippen LogP contribution >= 0.6 is 0 Å². The predicted octanol–water partition coefficient (Wildman–Crippen LogP) is 5.20. The Hall–Kier alpha value is -3.80. The SMILES string of the molecule is CCC(=NOCCOc1ccc(OC)c(CC(=O)O)c1)c1ccc(-c2ccccc2)cc1. The minimum Gasteiger partial charge on any atom is -0.496 e. The minimum atomic E-state index is -0.929. The quantitative estimate of drug-likeness (QED) is 0.256. The first-order chi connectivity index (χ1) is 15.6. The number of carbonyl (C=O) groups is 1. The van der Waals surface area contributed by atoms with Gasteiger partial charge in [0.25, 0.3) is 0 Å². The summed E-state index contributed by atoms with van der Waals surface area (Å²) in [4.78, 5) is 16.5. The maximum Gasteiger partial charge on any atom is 0.307 e. The van der Waals surface area contributed by atoms with Crippen LogP contribution < -0.4 is 9.47 Å². The molecule has 0 saturated carbocycles. The number of carboxylic acid groups (broad SMARTS) is 1. The Morgan fingerprint density at radius 1 is 0.938 bits per heavy atom. The third kappa shape index (κ3) is 6.35. The Morgan fingerprint density at radius 2 is 1.66 bits per heavy atom. The molecule has 6 nitrogen and oxygen atoms in total. The number of methoxy groups -OCH3 is 1. The van der Waals surface area contributed by atoms with Gasteiger partial charge in [0.15, 0.2) is 6.61 Å². The number of rotatable bonds is 11. The molecule has 0 unspecified atom stereocenters. The van der Waals surface area contributed by atoms with Crippen LogP contribution in [0, 0.1) is 0 Å². The Morgan fingerprint density at radius 3 is 2.31 bits per heavy atom. The van der Waals surface area contributed by atoms with Crippen molar-refractivity contribution >= 4 is 11.7 Å². The van der Waals surface area contributed by atoms with E-state index in [0.717, 1.165) is 23.3 Å². The number of aliphatic carboxylic acids is 1. The third-order valence-electron chi connectivity index (χ3n) is 4.87. The monoisotopic (exact) mass is 433 g/mol. The largest absolute Gasteiger partial charge is 0.496 e. The molecule has 0 atom stereocenters. The second-order valence-electron chi connectivity index (χ2n) is 7.06. The molecule has 6 heteroatoms. The van der Waals surface area contributed by atoms with Gasteiger partial charge in [-0.1, -0.05) is 66.7 Å². The fraction of sp³-hybridized carbons (Fsp3) is 0.231. The molecule has 3 aromatic carbocycles. The van der Waals surface area contributed by atoms with Gasteiger partial charge in [0, 0.05) is 5.56 Å². The Balaban J connectivity index is 1.54. The highest BCUT2D eigenvalue weighted by atomic mass is 16.6. The van der Waals surface area contributed by atoms with Gasteiger partial charge in [-0.15, -0.1) is 0 Å². The molecule has 32 heavy (non-hydrogen) atoms. The lowest BCUT2D eigenvalue weighted by Crippen LogP contribution is -2.08. The second-order valence-corrected chi connectivity index (χ2v) is 7.06. The van der Waals surface area contributed by atoms with E-state index in [9.17, 15) is 4.79 Å². The topological polar surface area (TPSA) is 77.3 Å². The van der Waals surface area contributed by atoms with E-state index in [1.165, 1.54) is 12.7 Å². The molecule has 0 aliphatic heterocycles. The molecule has 0 saturated heterocycles. The number of oxime groups is 1. The lowest BCUT2D eigenvalue weighted by molar-refractivity contribution is -0.136. The predicted molar refractivity (Wildman–Crippen MR) is 124 cm³/mol. The summed E-state index contributed by atoms with van der Waals surface area (Å²) in [7, 11) is 1.51. The molecule has 3 aromatic rings. The third-order valence-corrected chi connectivity index (χ3v) is 4.87. The van der Waals surface area contributed by atoms with Gasteiger partial charge in [0.2, 0.25) is 0 Å². The Bertz CT molecular complexity index is 1050. The van der Waals surface area contributed by atoms with E-state index in [-0.39, 0.29) is 19.6 Å². The van der Waals surface area contributed by atoms with Gasteiger partial charge in [0.1, 0.15) is 18.1 Å². The summed E-state index contributed by atoms with van der Waals surface area (Å²) < 4.78 is 10.9. The van der Waals surface area contributed by atoms with Gasteiger partial charge in [-0.05, 0) is 41.3 Å². The molecular formula is C26H27NO5. The summed E-state index contributed by atoms with van der Waals surface area (Å²) in [6.07, 6.45) is 0.604. The van der Waals surface area contributed by atoms with Crippen molar-refractivity contribution in [2.45, 2.75) is 19.8 Å². The molecule has 0 heterocycles. The van der Waals surface area contributed by atoms with E-state index in [0.29, 0.717) is 17.1 Å². The first kappa shape index (κ1) is 22.9. The van der Waals surface area contributed by atoms with Crippen molar-refractivity contribution in [3.05, 3.63) is 83.9 Å². The highest BCUT2D eigenvalue weighted by molar-refractivity contribution is 6.00. The van der Waals surface area contributed by atoms with Gasteiger partial charge < -0.3 is 19.4 Å². The van der Waals surface area contributed by atoms with Crippen LogP contribution in [0.4, 0.5) is 0 Å². The average molecular weight is 434 g/mol. The molecule has 0 bridgehead atoms. The molecule has 0 radical (unpaired) electrons. The number of nitrogens with zero attached hydrogens (tertiary/aromatic N) is 1. The number of ether oxygens (including phenoxy) is 2. The van der Waals surface area contributed by atoms with Crippen LogP contribution in [0.25, 0.3) is 11.1 Å². The molecule has 1 N–H and O–H groups in total. The maximum absolute atomic E-state index is 11.0. The van der Waals surface area contributed by atoms with Crippen LogP contribution in [0.2, 0.25) is 0 Å². The highest BCUT2D eigenvalue weighted by Gasteiger charge is 2.09. The lowest BCUT2D eigenvalue weighted by atomic mass is 10.0. The molecule has 166 valence electrons. The first-order valence-electron chi connectivity index (χ1n) is 10.5. The first-order valence-corrected chi connectivity index (χ1v) is 10.5. The van der Waals surface area contributed by atoms with Crippen LogP contribution in [-0.4, -0.2) is 37.1 Å². The van der Waals surface area contributed by atoms with Crippen molar-refractivity contribution in [1.29, 1.82) is 0 Å². The van der Waals surface area contributed by atoms with Gasteiger partial charge in [-0.3, -0.25) is 4.79 Å². The Labute approximate surface area is 188 Å². The van der Waals surface area contributed by atoms with E-state index in [1.807, 2.05) is 37.3 Å². The summed E-state index contributed by atoms with van der Waals surface area (Å²) in [6, 6.07) is 23.6. The zero-order chi connectivity index (χ0) is 22.8. The van der Waals surface area contributed by atoms with Gasteiger partial charge in [0.05, 0.1) is 19.2 Å². The summed E-state index contributed by atoms with van der Waals surface area (Å²) in [6.45, 7) is 2.59.